The van der Waals surface area contributed by atoms with Gasteiger partial charge < -0.3 is 19.6 Å². The Morgan fingerprint density at radius 3 is 2.69 bits per heavy atom. The fourth-order valence-corrected chi connectivity index (χ4v) is 6.18. The lowest BCUT2D eigenvalue weighted by Crippen LogP contribution is -2.53. The number of imide groups is 1. The van der Waals surface area contributed by atoms with Gasteiger partial charge in [0, 0.05) is 49.2 Å². The van der Waals surface area contributed by atoms with Crippen LogP contribution in [0, 0.1) is 0 Å². The lowest BCUT2D eigenvalue weighted by atomic mass is 9.81. The fraction of sp³-hybridized carbons (Fsp3) is 0.429. The molecule has 0 spiro atoms. The Morgan fingerprint density at radius 1 is 1.15 bits per heavy atom. The van der Waals surface area contributed by atoms with Crippen molar-refractivity contribution in [2.24, 2.45) is 0 Å². The quantitative estimate of drug-likeness (QED) is 0.442. The summed E-state index contributed by atoms with van der Waals surface area (Å²) in [5.41, 5.74) is 1.55. The van der Waals surface area contributed by atoms with Gasteiger partial charge in [-0.05, 0) is 54.8 Å². The van der Waals surface area contributed by atoms with Crippen molar-refractivity contribution in [3.63, 3.8) is 0 Å². The Hall–Kier alpha value is -3.70. The third-order valence-corrected chi connectivity index (χ3v) is 8.01. The molecule has 3 aromatic rings. The maximum absolute atomic E-state index is 13.9. The van der Waals surface area contributed by atoms with Crippen LogP contribution in [0.4, 0.5) is 13.6 Å². The Bertz CT molecular complexity index is 1420. The van der Waals surface area contributed by atoms with Gasteiger partial charge in [-0.3, -0.25) is 19.5 Å². The summed E-state index contributed by atoms with van der Waals surface area (Å²) in [5.74, 6) is -0.246. The van der Waals surface area contributed by atoms with Crippen molar-refractivity contribution < 1.29 is 33.0 Å². The largest absolute Gasteiger partial charge is 0.508 e. The van der Waals surface area contributed by atoms with Crippen molar-refractivity contribution in [3.05, 3.63) is 59.3 Å². The lowest BCUT2D eigenvalue weighted by molar-refractivity contribution is -0.133. The summed E-state index contributed by atoms with van der Waals surface area (Å²) in [6, 6.07) is 10.2. The number of phenols is 1. The molecular formula is C28H30F2N4O5. The summed E-state index contributed by atoms with van der Waals surface area (Å²) in [7, 11) is 0. The molecule has 3 aliphatic rings. The molecule has 4 heterocycles. The number of phenolic OH excluding ortho intramolecular Hbond substituents is 1. The molecule has 0 aliphatic carbocycles. The summed E-state index contributed by atoms with van der Waals surface area (Å²) in [6.45, 7) is 2.83. The number of nitrogens with one attached hydrogen (secondary N) is 1. The number of morpholine rings is 1. The van der Waals surface area contributed by atoms with Crippen LogP contribution in [0.1, 0.15) is 36.2 Å². The first kappa shape index (κ1) is 25.6. The minimum atomic E-state index is -2.97. The minimum Gasteiger partial charge on any atom is -0.508 e. The van der Waals surface area contributed by atoms with Gasteiger partial charge in [0.15, 0.2) is 0 Å². The Labute approximate surface area is 223 Å². The zero-order valence-electron chi connectivity index (χ0n) is 21.5. The van der Waals surface area contributed by atoms with Crippen LogP contribution in [0.3, 0.4) is 0 Å². The molecule has 3 aliphatic heterocycles. The summed E-state index contributed by atoms with van der Waals surface area (Å²) in [6.07, 6.45) is 0.848. The number of hydrogen-bond donors (Lipinski definition) is 2. The molecule has 206 valence electrons. The highest BCUT2D eigenvalue weighted by atomic mass is 19.3. The second kappa shape index (κ2) is 9.80. The molecule has 0 saturated carbocycles. The number of aromatic hydroxyl groups is 1. The van der Waals surface area contributed by atoms with E-state index >= 15 is 0 Å². The monoisotopic (exact) mass is 540 g/mol. The van der Waals surface area contributed by atoms with Gasteiger partial charge in [-0.2, -0.15) is 8.78 Å². The zero-order valence-corrected chi connectivity index (χ0v) is 21.5. The molecule has 9 nitrogen and oxygen atoms in total. The van der Waals surface area contributed by atoms with Crippen LogP contribution in [-0.4, -0.2) is 88.3 Å². The van der Waals surface area contributed by atoms with E-state index in [1.54, 1.807) is 42.2 Å². The van der Waals surface area contributed by atoms with Gasteiger partial charge in [0.2, 0.25) is 0 Å². The van der Waals surface area contributed by atoms with Crippen LogP contribution in [0.15, 0.2) is 42.5 Å². The number of H-pyrrole nitrogens is 1. The first-order chi connectivity index (χ1) is 18.8. The molecular weight excluding hydrogens is 510 g/mol. The van der Waals surface area contributed by atoms with Gasteiger partial charge >= 0.3 is 12.6 Å². The van der Waals surface area contributed by atoms with Gasteiger partial charge in [0.05, 0.1) is 13.2 Å². The van der Waals surface area contributed by atoms with Gasteiger partial charge in [-0.15, -0.1) is 0 Å². The summed E-state index contributed by atoms with van der Waals surface area (Å²) in [5, 5.41) is 10.9. The van der Waals surface area contributed by atoms with E-state index in [1.165, 1.54) is 17.0 Å². The second-order valence-electron chi connectivity index (χ2n) is 10.5. The average Bonchev–Trinajstić information content (AvgIpc) is 3.35. The van der Waals surface area contributed by atoms with Crippen LogP contribution in [0.2, 0.25) is 0 Å². The van der Waals surface area contributed by atoms with E-state index in [9.17, 15) is 23.5 Å². The van der Waals surface area contributed by atoms with Gasteiger partial charge in [-0.25, -0.2) is 4.79 Å². The SMILES string of the molecule is CC12Cc3c([nH]c4ccc(OC(F)F)cc34)C(c3cccc(O)c3)N1C(=O)N(CCCN1CCOCC1)C2=O. The first-order valence-electron chi connectivity index (χ1n) is 13.1. The van der Waals surface area contributed by atoms with Crippen molar-refractivity contribution >= 4 is 22.8 Å². The number of rotatable bonds is 7. The number of fused-ring (bicyclic) bond motifs is 4. The van der Waals surface area contributed by atoms with E-state index in [-0.39, 0.29) is 36.4 Å². The minimum absolute atomic E-state index is 0.0133. The predicted molar refractivity (Wildman–Crippen MR) is 138 cm³/mol. The number of urea groups is 1. The molecule has 2 saturated heterocycles. The molecule has 0 bridgehead atoms. The van der Waals surface area contributed by atoms with E-state index in [1.807, 2.05) is 0 Å². The van der Waals surface area contributed by atoms with E-state index in [0.29, 0.717) is 41.8 Å². The molecule has 2 fully saturated rings. The summed E-state index contributed by atoms with van der Waals surface area (Å²) >= 11 is 0. The smallest absolute Gasteiger partial charge is 0.387 e. The van der Waals surface area contributed by atoms with Crippen molar-refractivity contribution in [2.45, 2.75) is 38.0 Å². The highest BCUT2D eigenvalue weighted by Crippen LogP contribution is 2.49. The van der Waals surface area contributed by atoms with Crippen LogP contribution < -0.4 is 4.74 Å². The van der Waals surface area contributed by atoms with E-state index in [4.69, 9.17) is 4.74 Å². The second-order valence-corrected chi connectivity index (χ2v) is 10.5. The Morgan fingerprint density at radius 2 is 1.95 bits per heavy atom. The third kappa shape index (κ3) is 4.39. The molecule has 3 amide bonds. The topological polar surface area (TPSA) is 98.3 Å². The maximum atomic E-state index is 13.9. The molecule has 2 N–H and O–H groups in total. The van der Waals surface area contributed by atoms with Crippen molar-refractivity contribution in [1.29, 1.82) is 0 Å². The van der Waals surface area contributed by atoms with Crippen LogP contribution >= 0.6 is 0 Å². The molecule has 2 aromatic carbocycles. The van der Waals surface area contributed by atoms with Crippen LogP contribution in [0.25, 0.3) is 10.9 Å². The number of amides is 3. The molecule has 39 heavy (non-hydrogen) atoms. The number of alkyl halides is 2. The zero-order chi connectivity index (χ0) is 27.3. The van der Waals surface area contributed by atoms with Crippen LogP contribution in [-0.2, 0) is 16.0 Å². The van der Waals surface area contributed by atoms with Crippen LogP contribution in [0.5, 0.6) is 11.5 Å². The van der Waals surface area contributed by atoms with Gasteiger partial charge in [0.25, 0.3) is 5.91 Å². The third-order valence-electron chi connectivity index (χ3n) is 8.01. The summed E-state index contributed by atoms with van der Waals surface area (Å²) < 4.78 is 35.9. The van der Waals surface area contributed by atoms with Gasteiger partial charge in [0.1, 0.15) is 23.1 Å². The van der Waals surface area contributed by atoms with Crippen molar-refractivity contribution in [1.82, 2.24) is 19.7 Å². The molecule has 2 atom stereocenters. The predicted octanol–water partition coefficient (Wildman–Crippen LogP) is 3.87. The number of aromatic amines is 1. The van der Waals surface area contributed by atoms with E-state index in [0.717, 1.165) is 25.2 Å². The molecule has 11 heteroatoms. The maximum Gasteiger partial charge on any atom is 0.387 e. The fourth-order valence-electron chi connectivity index (χ4n) is 6.18. The van der Waals surface area contributed by atoms with E-state index < -0.39 is 18.2 Å². The average molecular weight is 541 g/mol. The number of benzene rings is 2. The highest BCUT2D eigenvalue weighted by molar-refractivity contribution is 6.08. The molecule has 1 aromatic heterocycles. The number of halogens is 2. The number of aromatic nitrogens is 1. The summed E-state index contributed by atoms with van der Waals surface area (Å²) in [4.78, 5) is 36.4. The van der Waals surface area contributed by atoms with Gasteiger partial charge in [-0.1, -0.05) is 12.1 Å². The Balaban J connectivity index is 1.39. The number of carbonyl (C=O) groups is 2. The number of hydrogen-bond acceptors (Lipinski definition) is 6. The number of nitrogens with zero attached hydrogens (tertiary/aromatic N) is 3. The van der Waals surface area contributed by atoms with Crippen molar-refractivity contribution in [3.8, 4) is 11.5 Å². The normalized spacial score (nSPS) is 23.5. The number of ether oxygens (including phenoxy) is 2. The number of carbonyl (C=O) groups excluding carboxylic acids is 2. The first-order valence-corrected chi connectivity index (χ1v) is 13.1. The van der Waals surface area contributed by atoms with Crippen molar-refractivity contribution in [2.75, 3.05) is 39.4 Å². The molecule has 2 unspecified atom stereocenters. The molecule has 6 rings (SSSR count). The standard InChI is InChI=1S/C28H30F2N4O5/c1-28-16-21-20-15-19(39-26(29)30)6-7-22(20)31-23(21)24(17-4-2-5-18(35)14-17)34(28)27(37)33(25(28)36)9-3-8-32-10-12-38-13-11-32/h2,4-7,14-15,24,26,31,35H,3,8-13,16H2,1H3. The van der Waals surface area contributed by atoms with E-state index in [2.05, 4.69) is 14.6 Å². The Kier molecular flexibility index (Phi) is 6.43. The highest BCUT2D eigenvalue weighted by Gasteiger charge is 2.60. The molecule has 0 radical (unpaired) electrons. The lowest BCUT2D eigenvalue weighted by Gasteiger charge is -2.42.